The summed E-state index contributed by atoms with van der Waals surface area (Å²) in [4.78, 5) is 15.9. The van der Waals surface area contributed by atoms with E-state index in [-0.39, 0.29) is 24.7 Å². The largest absolute Gasteiger partial charge is 0.462 e. The lowest BCUT2D eigenvalue weighted by atomic mass is 10.2. The van der Waals surface area contributed by atoms with Crippen LogP contribution in [-0.4, -0.2) is 22.7 Å². The smallest absolute Gasteiger partial charge is 0.343 e. The van der Waals surface area contributed by atoms with Crippen molar-refractivity contribution < 1.29 is 19.4 Å². The highest BCUT2D eigenvalue weighted by molar-refractivity contribution is 5.92. The average Bonchev–Trinajstić information content (AvgIpc) is 2.50. The standard InChI is InChI=1S/C15H16N2O4/c1-2-20-15(19)13-7-11(16)8-17-14(13)21-12-5-3-10(9-18)4-6-12/h3-8,18H,2,9,16H2,1H3. The zero-order chi connectivity index (χ0) is 15.2. The molecule has 2 rings (SSSR count). The fourth-order valence-corrected chi connectivity index (χ4v) is 1.68. The van der Waals surface area contributed by atoms with E-state index in [0.717, 1.165) is 5.56 Å². The highest BCUT2D eigenvalue weighted by Crippen LogP contribution is 2.25. The molecule has 6 heteroatoms. The highest BCUT2D eigenvalue weighted by atomic mass is 16.5. The highest BCUT2D eigenvalue weighted by Gasteiger charge is 2.16. The van der Waals surface area contributed by atoms with Crippen LogP contribution in [0.15, 0.2) is 36.5 Å². The molecule has 0 aliphatic carbocycles. The number of aromatic nitrogens is 1. The molecule has 110 valence electrons. The van der Waals surface area contributed by atoms with Gasteiger partial charge in [0.15, 0.2) is 0 Å². The second-order valence-electron chi connectivity index (χ2n) is 4.25. The molecule has 0 spiro atoms. The van der Waals surface area contributed by atoms with Crippen LogP contribution in [0.2, 0.25) is 0 Å². The number of carbonyl (C=O) groups excluding carboxylic acids is 1. The van der Waals surface area contributed by atoms with Crippen LogP contribution in [0.25, 0.3) is 0 Å². The fourth-order valence-electron chi connectivity index (χ4n) is 1.68. The normalized spacial score (nSPS) is 10.2. The van der Waals surface area contributed by atoms with Gasteiger partial charge in [0.1, 0.15) is 11.3 Å². The molecule has 0 unspecified atom stereocenters. The molecule has 2 aromatic rings. The molecule has 0 radical (unpaired) electrons. The SMILES string of the molecule is CCOC(=O)c1cc(N)cnc1Oc1ccc(CO)cc1. The Labute approximate surface area is 122 Å². The van der Waals surface area contributed by atoms with Crippen molar-refractivity contribution in [2.45, 2.75) is 13.5 Å². The van der Waals surface area contributed by atoms with Gasteiger partial charge in [0.05, 0.1) is 25.1 Å². The number of carbonyl (C=O) groups is 1. The molecule has 0 aliphatic rings. The van der Waals surface area contributed by atoms with Crippen LogP contribution in [0.5, 0.6) is 11.6 Å². The van der Waals surface area contributed by atoms with Gasteiger partial charge in [-0.25, -0.2) is 9.78 Å². The summed E-state index contributed by atoms with van der Waals surface area (Å²) in [5, 5.41) is 9.00. The molecule has 0 amide bonds. The van der Waals surface area contributed by atoms with Crippen LogP contribution in [0.3, 0.4) is 0 Å². The Kier molecular flexibility index (Phi) is 4.73. The van der Waals surface area contributed by atoms with E-state index in [2.05, 4.69) is 4.98 Å². The number of ether oxygens (including phenoxy) is 2. The number of aliphatic hydroxyl groups excluding tert-OH is 1. The minimum Gasteiger partial charge on any atom is -0.462 e. The lowest BCUT2D eigenvalue weighted by Crippen LogP contribution is -2.08. The number of rotatable bonds is 5. The van der Waals surface area contributed by atoms with E-state index in [4.69, 9.17) is 20.3 Å². The Morgan fingerprint density at radius 2 is 2.05 bits per heavy atom. The Balaban J connectivity index is 2.27. The van der Waals surface area contributed by atoms with Crippen molar-refractivity contribution in [3.05, 3.63) is 47.7 Å². The molecule has 0 saturated carbocycles. The van der Waals surface area contributed by atoms with E-state index in [9.17, 15) is 4.79 Å². The van der Waals surface area contributed by atoms with Gasteiger partial charge in [-0.3, -0.25) is 0 Å². The van der Waals surface area contributed by atoms with Crippen LogP contribution in [-0.2, 0) is 11.3 Å². The van der Waals surface area contributed by atoms with E-state index < -0.39 is 5.97 Å². The van der Waals surface area contributed by atoms with Gasteiger partial charge in [0.2, 0.25) is 5.88 Å². The van der Waals surface area contributed by atoms with E-state index in [1.165, 1.54) is 12.3 Å². The molecule has 0 fully saturated rings. The third kappa shape index (κ3) is 3.70. The number of benzene rings is 1. The van der Waals surface area contributed by atoms with Crippen molar-refractivity contribution in [1.29, 1.82) is 0 Å². The topological polar surface area (TPSA) is 94.7 Å². The van der Waals surface area contributed by atoms with Gasteiger partial charge in [0.25, 0.3) is 0 Å². The fraction of sp³-hybridized carbons (Fsp3) is 0.200. The summed E-state index contributed by atoms with van der Waals surface area (Å²) in [5.74, 6) is 0.0775. The first-order chi connectivity index (χ1) is 10.1. The summed E-state index contributed by atoms with van der Waals surface area (Å²) in [7, 11) is 0. The average molecular weight is 288 g/mol. The van der Waals surface area contributed by atoms with Gasteiger partial charge in [-0.2, -0.15) is 0 Å². The number of nitrogens with two attached hydrogens (primary N) is 1. The van der Waals surface area contributed by atoms with Crippen molar-refractivity contribution in [1.82, 2.24) is 4.98 Å². The number of aliphatic hydroxyl groups is 1. The lowest BCUT2D eigenvalue weighted by Gasteiger charge is -2.10. The van der Waals surface area contributed by atoms with Gasteiger partial charge < -0.3 is 20.3 Å². The number of nitrogens with zero attached hydrogens (tertiary/aromatic N) is 1. The molecular weight excluding hydrogens is 272 g/mol. The molecule has 0 saturated heterocycles. The van der Waals surface area contributed by atoms with E-state index in [0.29, 0.717) is 11.4 Å². The molecule has 21 heavy (non-hydrogen) atoms. The number of hydrogen-bond acceptors (Lipinski definition) is 6. The van der Waals surface area contributed by atoms with Crippen molar-refractivity contribution in [3.63, 3.8) is 0 Å². The number of pyridine rings is 1. The predicted molar refractivity (Wildman–Crippen MR) is 77.0 cm³/mol. The zero-order valence-electron chi connectivity index (χ0n) is 11.6. The Bertz CT molecular complexity index is 626. The molecule has 1 aromatic carbocycles. The van der Waals surface area contributed by atoms with Crippen LogP contribution in [0.4, 0.5) is 5.69 Å². The minimum atomic E-state index is -0.542. The molecular formula is C15H16N2O4. The van der Waals surface area contributed by atoms with Crippen LogP contribution in [0.1, 0.15) is 22.8 Å². The second-order valence-corrected chi connectivity index (χ2v) is 4.25. The van der Waals surface area contributed by atoms with Crippen LogP contribution in [0, 0.1) is 0 Å². The first kappa shape index (κ1) is 14.8. The van der Waals surface area contributed by atoms with E-state index >= 15 is 0 Å². The van der Waals surface area contributed by atoms with Crippen molar-refractivity contribution >= 4 is 11.7 Å². The number of hydrogen-bond donors (Lipinski definition) is 2. The second kappa shape index (κ2) is 6.71. The third-order valence-corrected chi connectivity index (χ3v) is 2.69. The Morgan fingerprint density at radius 3 is 2.67 bits per heavy atom. The number of esters is 1. The van der Waals surface area contributed by atoms with Gasteiger partial charge in [0, 0.05) is 0 Å². The van der Waals surface area contributed by atoms with Gasteiger partial charge in [-0.15, -0.1) is 0 Å². The Morgan fingerprint density at radius 1 is 1.33 bits per heavy atom. The summed E-state index contributed by atoms with van der Waals surface area (Å²) in [6, 6.07) is 8.26. The molecule has 3 N–H and O–H groups in total. The maximum atomic E-state index is 11.9. The maximum Gasteiger partial charge on any atom is 0.343 e. The Hall–Kier alpha value is -2.60. The third-order valence-electron chi connectivity index (χ3n) is 2.69. The molecule has 0 atom stereocenters. The monoisotopic (exact) mass is 288 g/mol. The molecule has 1 heterocycles. The molecule has 0 aliphatic heterocycles. The van der Waals surface area contributed by atoms with Crippen LogP contribution < -0.4 is 10.5 Å². The lowest BCUT2D eigenvalue weighted by molar-refractivity contribution is 0.0523. The summed E-state index contributed by atoms with van der Waals surface area (Å²) < 4.78 is 10.5. The summed E-state index contributed by atoms with van der Waals surface area (Å²) in [5.41, 5.74) is 6.92. The van der Waals surface area contributed by atoms with Crippen molar-refractivity contribution in [2.24, 2.45) is 0 Å². The summed E-state index contributed by atoms with van der Waals surface area (Å²) in [6.45, 7) is 1.92. The predicted octanol–water partition coefficient (Wildman–Crippen LogP) is 2.13. The maximum absolute atomic E-state index is 11.9. The summed E-state index contributed by atoms with van der Waals surface area (Å²) >= 11 is 0. The zero-order valence-corrected chi connectivity index (χ0v) is 11.6. The quantitative estimate of drug-likeness (QED) is 0.818. The molecule has 1 aromatic heterocycles. The minimum absolute atomic E-state index is 0.0471. The van der Waals surface area contributed by atoms with Gasteiger partial charge >= 0.3 is 5.97 Å². The molecule has 0 bridgehead atoms. The number of nitrogen functional groups attached to an aromatic ring is 1. The first-order valence-electron chi connectivity index (χ1n) is 6.44. The van der Waals surface area contributed by atoms with Crippen LogP contribution >= 0.6 is 0 Å². The van der Waals surface area contributed by atoms with E-state index in [1.54, 1.807) is 31.2 Å². The summed E-state index contributed by atoms with van der Waals surface area (Å²) in [6.07, 6.45) is 1.40. The van der Waals surface area contributed by atoms with Gasteiger partial charge in [-0.1, -0.05) is 12.1 Å². The number of anilines is 1. The van der Waals surface area contributed by atoms with Gasteiger partial charge in [-0.05, 0) is 30.7 Å². The van der Waals surface area contributed by atoms with Crippen molar-refractivity contribution in [3.8, 4) is 11.6 Å². The molecule has 6 nitrogen and oxygen atoms in total. The van der Waals surface area contributed by atoms with E-state index in [1.807, 2.05) is 0 Å². The first-order valence-corrected chi connectivity index (χ1v) is 6.44. The van der Waals surface area contributed by atoms with Crippen molar-refractivity contribution in [2.75, 3.05) is 12.3 Å².